The Morgan fingerprint density at radius 2 is 1.95 bits per heavy atom. The maximum Gasteiger partial charge on any atom is 0.272 e. The summed E-state index contributed by atoms with van der Waals surface area (Å²) >= 11 is 3.28. The maximum atomic E-state index is 11.9. The number of amides is 2. The third-order valence-corrected chi connectivity index (χ3v) is 3.21. The third-order valence-electron chi connectivity index (χ3n) is 2.75. The summed E-state index contributed by atoms with van der Waals surface area (Å²) in [4.78, 5) is 26.0. The molecule has 0 aliphatic carbocycles. The zero-order chi connectivity index (χ0) is 14.5. The van der Waals surface area contributed by atoms with Gasteiger partial charge < -0.3 is 15.6 Å². The van der Waals surface area contributed by atoms with Crippen molar-refractivity contribution in [3.05, 3.63) is 52.3 Å². The summed E-state index contributed by atoms with van der Waals surface area (Å²) in [6.45, 7) is 0. The standard InChI is InChI=1S/C14H14BrN3O2/c1-16-13(19)6-9-2-4-11(5-3-9)18-14(20)12-7-10(15)8-17-12/h2-5,7-8,17H,6H2,1H3,(H,16,19)(H,18,20). The van der Waals surface area contributed by atoms with Gasteiger partial charge in [-0.05, 0) is 39.7 Å². The van der Waals surface area contributed by atoms with E-state index in [1.54, 1.807) is 31.4 Å². The van der Waals surface area contributed by atoms with Crippen LogP contribution in [0, 0.1) is 0 Å². The van der Waals surface area contributed by atoms with Gasteiger partial charge in [-0.1, -0.05) is 12.1 Å². The fourth-order valence-electron chi connectivity index (χ4n) is 1.68. The van der Waals surface area contributed by atoms with Crippen LogP contribution in [0.2, 0.25) is 0 Å². The average molecular weight is 336 g/mol. The summed E-state index contributed by atoms with van der Waals surface area (Å²) < 4.78 is 0.823. The lowest BCUT2D eigenvalue weighted by atomic mass is 10.1. The highest BCUT2D eigenvalue weighted by atomic mass is 79.9. The van der Waals surface area contributed by atoms with Gasteiger partial charge in [0.15, 0.2) is 0 Å². The van der Waals surface area contributed by atoms with Crippen molar-refractivity contribution in [2.24, 2.45) is 0 Å². The average Bonchev–Trinajstić information content (AvgIpc) is 2.87. The molecule has 20 heavy (non-hydrogen) atoms. The number of aromatic nitrogens is 1. The van der Waals surface area contributed by atoms with Gasteiger partial charge in [0, 0.05) is 23.4 Å². The lowest BCUT2D eigenvalue weighted by Crippen LogP contribution is -2.19. The van der Waals surface area contributed by atoms with Gasteiger partial charge in [0.25, 0.3) is 5.91 Å². The molecule has 0 spiro atoms. The highest BCUT2D eigenvalue weighted by molar-refractivity contribution is 9.10. The predicted octanol–water partition coefficient (Wildman–Crippen LogP) is 2.32. The molecule has 0 bridgehead atoms. The largest absolute Gasteiger partial charge is 0.359 e. The Morgan fingerprint density at radius 3 is 2.50 bits per heavy atom. The van der Waals surface area contributed by atoms with E-state index in [1.807, 2.05) is 12.1 Å². The molecule has 1 aromatic carbocycles. The number of rotatable bonds is 4. The summed E-state index contributed by atoms with van der Waals surface area (Å²) in [5.41, 5.74) is 2.05. The van der Waals surface area contributed by atoms with Crippen molar-refractivity contribution in [3.8, 4) is 0 Å². The molecular formula is C14H14BrN3O2. The van der Waals surface area contributed by atoms with Crippen LogP contribution in [-0.2, 0) is 11.2 Å². The molecule has 2 aromatic rings. The minimum atomic E-state index is -0.213. The van der Waals surface area contributed by atoms with E-state index in [0.717, 1.165) is 10.0 Å². The van der Waals surface area contributed by atoms with Crippen LogP contribution >= 0.6 is 15.9 Å². The number of benzene rings is 1. The second-order valence-corrected chi connectivity index (χ2v) is 5.15. The first-order valence-electron chi connectivity index (χ1n) is 6.03. The van der Waals surface area contributed by atoms with E-state index in [-0.39, 0.29) is 11.8 Å². The van der Waals surface area contributed by atoms with Crippen molar-refractivity contribution in [1.82, 2.24) is 10.3 Å². The molecule has 3 N–H and O–H groups in total. The van der Waals surface area contributed by atoms with Gasteiger partial charge in [0.2, 0.25) is 5.91 Å². The molecule has 0 saturated heterocycles. The second-order valence-electron chi connectivity index (χ2n) is 4.23. The van der Waals surface area contributed by atoms with Crippen molar-refractivity contribution in [2.75, 3.05) is 12.4 Å². The monoisotopic (exact) mass is 335 g/mol. The molecule has 0 saturated carbocycles. The highest BCUT2D eigenvalue weighted by Gasteiger charge is 2.08. The van der Waals surface area contributed by atoms with Crippen LogP contribution in [-0.4, -0.2) is 23.8 Å². The number of anilines is 1. The zero-order valence-electron chi connectivity index (χ0n) is 10.9. The zero-order valence-corrected chi connectivity index (χ0v) is 12.5. The van der Waals surface area contributed by atoms with E-state index in [2.05, 4.69) is 31.5 Å². The van der Waals surface area contributed by atoms with E-state index in [0.29, 0.717) is 17.8 Å². The third kappa shape index (κ3) is 3.71. The van der Waals surface area contributed by atoms with Gasteiger partial charge in [-0.2, -0.15) is 0 Å². The second kappa shape index (κ2) is 6.38. The van der Waals surface area contributed by atoms with Crippen LogP contribution in [0.15, 0.2) is 41.0 Å². The van der Waals surface area contributed by atoms with Crippen molar-refractivity contribution < 1.29 is 9.59 Å². The number of H-pyrrole nitrogens is 1. The maximum absolute atomic E-state index is 11.9. The molecule has 104 valence electrons. The quantitative estimate of drug-likeness (QED) is 0.802. The number of halogens is 1. The van der Waals surface area contributed by atoms with Crippen LogP contribution in [0.1, 0.15) is 16.1 Å². The molecule has 6 heteroatoms. The predicted molar refractivity (Wildman–Crippen MR) is 80.7 cm³/mol. The number of carbonyl (C=O) groups excluding carboxylic acids is 2. The highest BCUT2D eigenvalue weighted by Crippen LogP contribution is 2.14. The molecule has 0 radical (unpaired) electrons. The number of aromatic amines is 1. The summed E-state index contributed by atoms with van der Waals surface area (Å²) in [5, 5.41) is 5.34. The Balaban J connectivity index is 2.00. The van der Waals surface area contributed by atoms with Crippen LogP contribution < -0.4 is 10.6 Å². The van der Waals surface area contributed by atoms with Gasteiger partial charge in [0.05, 0.1) is 6.42 Å². The minimum Gasteiger partial charge on any atom is -0.359 e. The van der Waals surface area contributed by atoms with E-state index in [9.17, 15) is 9.59 Å². The molecular weight excluding hydrogens is 322 g/mol. The van der Waals surface area contributed by atoms with Crippen molar-refractivity contribution >= 4 is 33.4 Å². The first-order chi connectivity index (χ1) is 9.58. The van der Waals surface area contributed by atoms with Crippen molar-refractivity contribution in [1.29, 1.82) is 0 Å². The molecule has 0 atom stereocenters. The summed E-state index contributed by atoms with van der Waals surface area (Å²) in [6.07, 6.45) is 2.02. The fourth-order valence-corrected chi connectivity index (χ4v) is 2.02. The normalized spacial score (nSPS) is 10.1. The molecule has 5 nitrogen and oxygen atoms in total. The molecule has 0 fully saturated rings. The number of carbonyl (C=O) groups is 2. The first-order valence-corrected chi connectivity index (χ1v) is 6.82. The summed E-state index contributed by atoms with van der Waals surface area (Å²) in [7, 11) is 1.60. The van der Waals surface area contributed by atoms with E-state index in [4.69, 9.17) is 0 Å². The molecule has 2 amide bonds. The Bertz CT molecular complexity index is 620. The molecule has 2 rings (SSSR count). The smallest absolute Gasteiger partial charge is 0.272 e. The lowest BCUT2D eigenvalue weighted by Gasteiger charge is -2.05. The van der Waals surface area contributed by atoms with Crippen molar-refractivity contribution in [2.45, 2.75) is 6.42 Å². The Hall–Kier alpha value is -2.08. The van der Waals surface area contributed by atoms with Gasteiger partial charge in [0.1, 0.15) is 5.69 Å². The van der Waals surface area contributed by atoms with E-state index >= 15 is 0 Å². The van der Waals surface area contributed by atoms with E-state index in [1.165, 1.54) is 0 Å². The number of nitrogens with one attached hydrogen (secondary N) is 3. The molecule has 0 aliphatic rings. The molecule has 0 aliphatic heterocycles. The van der Waals surface area contributed by atoms with Crippen LogP contribution in [0.3, 0.4) is 0 Å². The Morgan fingerprint density at radius 1 is 1.25 bits per heavy atom. The van der Waals surface area contributed by atoms with Gasteiger partial charge >= 0.3 is 0 Å². The number of likely N-dealkylation sites (N-methyl/N-ethyl adjacent to an activating group) is 1. The molecule has 0 unspecified atom stereocenters. The van der Waals surface area contributed by atoms with Gasteiger partial charge in [-0.25, -0.2) is 0 Å². The number of hydrogen-bond donors (Lipinski definition) is 3. The molecule has 1 heterocycles. The number of hydrogen-bond acceptors (Lipinski definition) is 2. The topological polar surface area (TPSA) is 74.0 Å². The SMILES string of the molecule is CNC(=O)Cc1ccc(NC(=O)c2cc(Br)c[nH]2)cc1. The first kappa shape index (κ1) is 14.3. The van der Waals surface area contributed by atoms with Crippen LogP contribution in [0.4, 0.5) is 5.69 Å². The Labute approximate surface area is 124 Å². The minimum absolute atomic E-state index is 0.0435. The van der Waals surface area contributed by atoms with Crippen molar-refractivity contribution in [3.63, 3.8) is 0 Å². The van der Waals surface area contributed by atoms with E-state index < -0.39 is 0 Å². The van der Waals surface area contributed by atoms with Gasteiger partial charge in [-0.3, -0.25) is 9.59 Å². The lowest BCUT2D eigenvalue weighted by molar-refractivity contribution is -0.119. The summed E-state index contributed by atoms with van der Waals surface area (Å²) in [5.74, 6) is -0.257. The van der Waals surface area contributed by atoms with Crippen LogP contribution in [0.25, 0.3) is 0 Å². The summed E-state index contributed by atoms with van der Waals surface area (Å²) in [6, 6.07) is 8.88. The van der Waals surface area contributed by atoms with Crippen LogP contribution in [0.5, 0.6) is 0 Å². The molecule has 1 aromatic heterocycles. The fraction of sp³-hybridized carbons (Fsp3) is 0.143. The Kier molecular flexibility index (Phi) is 4.57. The van der Waals surface area contributed by atoms with Gasteiger partial charge in [-0.15, -0.1) is 0 Å².